The first-order valence-electron chi connectivity index (χ1n) is 15.0. The molecule has 0 amide bonds. The van der Waals surface area contributed by atoms with Crippen LogP contribution in [-0.4, -0.2) is 9.97 Å². The molecule has 0 atom stereocenters. The van der Waals surface area contributed by atoms with Crippen LogP contribution in [0.1, 0.15) is 23.1 Å². The molecule has 7 aromatic rings. The summed E-state index contributed by atoms with van der Waals surface area (Å²) in [4.78, 5) is 9.34. The summed E-state index contributed by atoms with van der Waals surface area (Å²) in [6.07, 6.45) is 10.5. The average Bonchev–Trinajstić information content (AvgIpc) is 3.07. The average molecular weight is 551 g/mol. The van der Waals surface area contributed by atoms with E-state index in [-0.39, 0.29) is 0 Å². The van der Waals surface area contributed by atoms with Gasteiger partial charge in [-0.05, 0) is 104 Å². The van der Waals surface area contributed by atoms with Crippen LogP contribution < -0.4 is 0 Å². The molecule has 2 heteroatoms. The zero-order valence-electron chi connectivity index (χ0n) is 24.1. The van der Waals surface area contributed by atoms with Gasteiger partial charge in [0.25, 0.3) is 0 Å². The predicted octanol–water partition coefficient (Wildman–Crippen LogP) is 10.7. The number of nitrogens with zero attached hydrogens (tertiary/aromatic N) is 2. The lowest BCUT2D eigenvalue weighted by atomic mass is 9.84. The van der Waals surface area contributed by atoms with Gasteiger partial charge in [0.05, 0.1) is 11.4 Å². The quantitative estimate of drug-likeness (QED) is 0.204. The van der Waals surface area contributed by atoms with Crippen molar-refractivity contribution in [2.45, 2.75) is 19.8 Å². The number of pyridine rings is 2. The Balaban J connectivity index is 1.29. The summed E-state index contributed by atoms with van der Waals surface area (Å²) in [6, 6.07) is 41.9. The topological polar surface area (TPSA) is 25.8 Å². The van der Waals surface area contributed by atoms with Gasteiger partial charge in [0.1, 0.15) is 0 Å². The molecule has 0 bridgehead atoms. The predicted molar refractivity (Wildman–Crippen MR) is 181 cm³/mol. The maximum absolute atomic E-state index is 4.80. The zero-order chi connectivity index (χ0) is 28.8. The molecule has 1 aliphatic carbocycles. The Hall–Kier alpha value is -5.34. The van der Waals surface area contributed by atoms with E-state index < -0.39 is 0 Å². The highest BCUT2D eigenvalue weighted by molar-refractivity contribution is 6.21. The van der Waals surface area contributed by atoms with Crippen molar-refractivity contribution in [3.05, 3.63) is 150 Å². The molecule has 0 N–H and O–H groups in total. The van der Waals surface area contributed by atoms with Crippen molar-refractivity contribution in [2.24, 2.45) is 0 Å². The summed E-state index contributed by atoms with van der Waals surface area (Å²) in [5.41, 5.74) is 13.0. The summed E-state index contributed by atoms with van der Waals surface area (Å²) in [5.74, 6) is 0. The summed E-state index contributed by atoms with van der Waals surface area (Å²) in [6.45, 7) is 2.07. The van der Waals surface area contributed by atoms with E-state index in [1.807, 2.05) is 18.5 Å². The molecule has 0 saturated heterocycles. The minimum absolute atomic E-state index is 0.892. The lowest BCUT2D eigenvalue weighted by molar-refractivity contribution is 0.986. The SMILES string of the molecule is Cc1cccnc1-c1ccc(-c2cccc(-c3c4ccccc4c(-c4ccc5c(c4)CCC=C5)c4ccccc34)c2)cn1. The fourth-order valence-electron chi connectivity index (χ4n) is 6.65. The van der Waals surface area contributed by atoms with Crippen LogP contribution in [0.5, 0.6) is 0 Å². The molecule has 8 rings (SSSR count). The molecule has 204 valence electrons. The normalized spacial score (nSPS) is 12.5. The fourth-order valence-corrected chi connectivity index (χ4v) is 6.65. The van der Waals surface area contributed by atoms with Crippen LogP contribution in [0, 0.1) is 6.92 Å². The summed E-state index contributed by atoms with van der Waals surface area (Å²) >= 11 is 0. The van der Waals surface area contributed by atoms with Crippen LogP contribution >= 0.6 is 0 Å². The van der Waals surface area contributed by atoms with E-state index in [1.54, 1.807) is 0 Å². The molecule has 43 heavy (non-hydrogen) atoms. The van der Waals surface area contributed by atoms with Gasteiger partial charge in [0, 0.05) is 18.0 Å². The van der Waals surface area contributed by atoms with Crippen LogP contribution in [0.2, 0.25) is 0 Å². The van der Waals surface area contributed by atoms with Crippen LogP contribution in [0.4, 0.5) is 0 Å². The number of fused-ring (bicyclic) bond motifs is 3. The van der Waals surface area contributed by atoms with Crippen LogP contribution in [0.15, 0.2) is 134 Å². The van der Waals surface area contributed by atoms with Crippen molar-refractivity contribution in [1.82, 2.24) is 9.97 Å². The van der Waals surface area contributed by atoms with E-state index >= 15 is 0 Å². The van der Waals surface area contributed by atoms with E-state index in [4.69, 9.17) is 4.98 Å². The number of rotatable bonds is 4. The Morgan fingerprint density at radius 3 is 1.91 bits per heavy atom. The lowest BCUT2D eigenvalue weighted by Gasteiger charge is -2.19. The number of hydrogen-bond acceptors (Lipinski definition) is 2. The van der Waals surface area contributed by atoms with Gasteiger partial charge in [-0.15, -0.1) is 0 Å². The maximum Gasteiger partial charge on any atom is 0.0915 e. The Labute approximate surface area is 252 Å². The molecule has 2 nitrogen and oxygen atoms in total. The van der Waals surface area contributed by atoms with Crippen molar-refractivity contribution in [1.29, 1.82) is 0 Å². The first kappa shape index (κ1) is 25.4. The van der Waals surface area contributed by atoms with E-state index in [0.29, 0.717) is 0 Å². The molecular formula is C41H30N2. The van der Waals surface area contributed by atoms with Crippen molar-refractivity contribution < 1.29 is 0 Å². The molecule has 0 spiro atoms. The molecule has 5 aromatic carbocycles. The Morgan fingerprint density at radius 1 is 0.558 bits per heavy atom. The Kier molecular flexibility index (Phi) is 6.19. The third kappa shape index (κ3) is 4.43. The molecule has 2 heterocycles. The molecule has 0 fully saturated rings. The maximum atomic E-state index is 4.80. The van der Waals surface area contributed by atoms with Gasteiger partial charge in [-0.25, -0.2) is 0 Å². The monoisotopic (exact) mass is 550 g/mol. The van der Waals surface area contributed by atoms with E-state index in [9.17, 15) is 0 Å². The third-order valence-electron chi connectivity index (χ3n) is 8.74. The smallest absolute Gasteiger partial charge is 0.0915 e. The van der Waals surface area contributed by atoms with Crippen molar-refractivity contribution in [3.8, 4) is 44.8 Å². The second-order valence-electron chi connectivity index (χ2n) is 11.4. The third-order valence-corrected chi connectivity index (χ3v) is 8.74. The second kappa shape index (κ2) is 10.5. The zero-order valence-corrected chi connectivity index (χ0v) is 24.1. The first-order chi connectivity index (χ1) is 21.2. The molecule has 2 aromatic heterocycles. The minimum atomic E-state index is 0.892. The first-order valence-corrected chi connectivity index (χ1v) is 15.0. The van der Waals surface area contributed by atoms with Crippen molar-refractivity contribution in [2.75, 3.05) is 0 Å². The lowest BCUT2D eigenvalue weighted by Crippen LogP contribution is -1.96. The standard InChI is InChI=1S/C41H30N2/c1-27-10-9-23-42-41(27)38-22-21-33(26-43-38)30-13-8-14-31(25-30)39-34-15-4-6-17-36(34)40(37-18-7-5-16-35(37)39)32-20-19-28-11-2-3-12-29(28)24-32/h2,4-11,13-26H,3,12H2,1H3. The Bertz CT molecular complexity index is 2130. The number of benzene rings is 5. The highest BCUT2D eigenvalue weighted by atomic mass is 14.8. The van der Waals surface area contributed by atoms with Gasteiger partial charge in [-0.2, -0.15) is 0 Å². The highest BCUT2D eigenvalue weighted by Gasteiger charge is 2.18. The summed E-state index contributed by atoms with van der Waals surface area (Å²) in [7, 11) is 0. The van der Waals surface area contributed by atoms with Crippen molar-refractivity contribution in [3.63, 3.8) is 0 Å². The van der Waals surface area contributed by atoms with Crippen LogP contribution in [0.3, 0.4) is 0 Å². The van der Waals surface area contributed by atoms with E-state index in [1.165, 1.54) is 54.9 Å². The largest absolute Gasteiger partial charge is 0.254 e. The van der Waals surface area contributed by atoms with Gasteiger partial charge >= 0.3 is 0 Å². The van der Waals surface area contributed by atoms with Gasteiger partial charge < -0.3 is 0 Å². The summed E-state index contributed by atoms with van der Waals surface area (Å²) in [5, 5.41) is 5.10. The molecule has 0 radical (unpaired) electrons. The molecular weight excluding hydrogens is 520 g/mol. The molecule has 1 aliphatic rings. The van der Waals surface area contributed by atoms with Crippen LogP contribution in [-0.2, 0) is 6.42 Å². The number of allylic oxidation sites excluding steroid dienone is 1. The molecule has 0 aliphatic heterocycles. The Morgan fingerprint density at radius 2 is 1.23 bits per heavy atom. The van der Waals surface area contributed by atoms with Gasteiger partial charge in [-0.3, -0.25) is 9.97 Å². The van der Waals surface area contributed by atoms with E-state index in [0.717, 1.165) is 40.9 Å². The van der Waals surface area contributed by atoms with Crippen LogP contribution in [0.25, 0.3) is 72.4 Å². The highest BCUT2D eigenvalue weighted by Crippen LogP contribution is 2.44. The molecule has 0 unspecified atom stereocenters. The number of hydrogen-bond donors (Lipinski definition) is 0. The van der Waals surface area contributed by atoms with Gasteiger partial charge in [-0.1, -0.05) is 109 Å². The van der Waals surface area contributed by atoms with Crippen molar-refractivity contribution >= 4 is 27.6 Å². The minimum Gasteiger partial charge on any atom is -0.254 e. The number of aromatic nitrogens is 2. The van der Waals surface area contributed by atoms with Gasteiger partial charge in [0.2, 0.25) is 0 Å². The molecule has 0 saturated carbocycles. The summed E-state index contributed by atoms with van der Waals surface area (Å²) < 4.78 is 0. The van der Waals surface area contributed by atoms with E-state index in [2.05, 4.69) is 133 Å². The number of aryl methyl sites for hydroxylation is 2. The van der Waals surface area contributed by atoms with Gasteiger partial charge in [0.15, 0.2) is 0 Å². The fraction of sp³-hybridized carbons (Fsp3) is 0.0732. The second-order valence-corrected chi connectivity index (χ2v) is 11.4.